The van der Waals surface area contributed by atoms with Gasteiger partial charge in [-0.2, -0.15) is 0 Å². The molecule has 1 aliphatic heterocycles. The smallest absolute Gasteiger partial charge is 0.243 e. The van der Waals surface area contributed by atoms with E-state index in [2.05, 4.69) is 20.3 Å². The van der Waals surface area contributed by atoms with Gasteiger partial charge in [0.05, 0.1) is 23.9 Å². The zero-order valence-corrected chi connectivity index (χ0v) is 22.6. The Morgan fingerprint density at radius 2 is 1.95 bits per heavy atom. The number of pyridine rings is 1. The number of benzene rings is 3. The number of carbonyl (C=O) groups excluding carboxylic acids is 1. The molecule has 0 saturated carbocycles. The first kappa shape index (κ1) is 27.0. The van der Waals surface area contributed by atoms with Crippen LogP contribution in [0.4, 0.5) is 10.1 Å². The summed E-state index contributed by atoms with van der Waals surface area (Å²) in [5.41, 5.74) is 0.678. The highest BCUT2D eigenvalue weighted by molar-refractivity contribution is 7.89. The summed E-state index contributed by atoms with van der Waals surface area (Å²) in [6.07, 6.45) is 3.71. The van der Waals surface area contributed by atoms with E-state index in [4.69, 9.17) is 16.3 Å². The number of carbonyl (C=O) groups is 1. The highest BCUT2D eigenvalue weighted by atomic mass is 35.5. The minimum absolute atomic E-state index is 0.180. The standard InChI is InChI=1S/C28H26ClFN4O4S/c1-31-39(36,37)26-12-18(6-8-23(26)30)14-33-17-28(10-11-38-25-9-7-20(29)13-22(25)28)27(35)34-24-16-32-15-19-4-2-3-5-21(19)24/h2-9,12-13,15-16,31,33H,10-11,14,17H2,1H3,(H,34,35)/t28-/m0/s1. The molecule has 1 aromatic heterocycles. The molecule has 1 aliphatic rings. The second-order valence-corrected chi connectivity index (χ2v) is 11.6. The summed E-state index contributed by atoms with van der Waals surface area (Å²) in [6.45, 7) is 0.673. The Balaban J connectivity index is 1.47. The predicted molar refractivity (Wildman–Crippen MR) is 148 cm³/mol. The average molecular weight is 569 g/mol. The number of aromatic nitrogens is 1. The molecular weight excluding hydrogens is 543 g/mol. The van der Waals surface area contributed by atoms with Crippen molar-refractivity contribution in [2.75, 3.05) is 25.5 Å². The summed E-state index contributed by atoms with van der Waals surface area (Å²) in [5.74, 6) is -0.555. The summed E-state index contributed by atoms with van der Waals surface area (Å²) >= 11 is 6.35. The van der Waals surface area contributed by atoms with Crippen LogP contribution in [-0.4, -0.2) is 39.5 Å². The molecule has 1 amide bonds. The summed E-state index contributed by atoms with van der Waals surface area (Å²) in [7, 11) is -2.75. The second kappa shape index (κ2) is 10.9. The number of sulfonamides is 1. The van der Waals surface area contributed by atoms with Gasteiger partial charge in [0.25, 0.3) is 0 Å². The topological polar surface area (TPSA) is 109 Å². The first-order valence-electron chi connectivity index (χ1n) is 12.2. The summed E-state index contributed by atoms with van der Waals surface area (Å²) in [6, 6.07) is 16.7. The van der Waals surface area contributed by atoms with Crippen molar-refractivity contribution in [2.24, 2.45) is 0 Å². The molecule has 39 heavy (non-hydrogen) atoms. The van der Waals surface area contributed by atoms with E-state index in [1.807, 2.05) is 24.3 Å². The Hall–Kier alpha value is -3.57. The number of anilines is 1. The molecular formula is C28H26ClFN4O4S. The number of fused-ring (bicyclic) bond motifs is 2. The Kier molecular flexibility index (Phi) is 7.55. The van der Waals surface area contributed by atoms with Gasteiger partial charge < -0.3 is 15.4 Å². The normalized spacial score (nSPS) is 16.9. The molecule has 0 aliphatic carbocycles. The lowest BCUT2D eigenvalue weighted by molar-refractivity contribution is -0.122. The summed E-state index contributed by atoms with van der Waals surface area (Å²) in [5, 5.41) is 8.56. The lowest BCUT2D eigenvalue weighted by Crippen LogP contribution is -2.50. The highest BCUT2D eigenvalue weighted by Crippen LogP contribution is 2.41. The molecule has 8 nitrogen and oxygen atoms in total. The van der Waals surface area contributed by atoms with Gasteiger partial charge in [-0.05, 0) is 42.9 Å². The number of rotatable bonds is 8. The molecule has 0 unspecified atom stereocenters. The van der Waals surface area contributed by atoms with Gasteiger partial charge in [0.15, 0.2) is 0 Å². The first-order valence-corrected chi connectivity index (χ1v) is 14.1. The number of nitrogens with one attached hydrogen (secondary N) is 3. The summed E-state index contributed by atoms with van der Waals surface area (Å²) < 4.78 is 46.6. The van der Waals surface area contributed by atoms with Crippen LogP contribution in [0.3, 0.4) is 0 Å². The lowest BCUT2D eigenvalue weighted by atomic mass is 9.74. The van der Waals surface area contributed by atoms with Crippen molar-refractivity contribution in [2.45, 2.75) is 23.3 Å². The van der Waals surface area contributed by atoms with E-state index in [0.717, 1.165) is 16.8 Å². The van der Waals surface area contributed by atoms with E-state index < -0.39 is 26.2 Å². The van der Waals surface area contributed by atoms with Gasteiger partial charge in [0.1, 0.15) is 16.5 Å². The van der Waals surface area contributed by atoms with Gasteiger partial charge in [-0.3, -0.25) is 9.78 Å². The van der Waals surface area contributed by atoms with Crippen molar-refractivity contribution in [3.8, 4) is 5.75 Å². The predicted octanol–water partition coefficient (Wildman–Crippen LogP) is 4.38. The average Bonchev–Trinajstić information content (AvgIpc) is 2.94. The molecule has 3 N–H and O–H groups in total. The van der Waals surface area contributed by atoms with Crippen molar-refractivity contribution in [1.82, 2.24) is 15.0 Å². The Bertz CT molecular complexity index is 1660. The zero-order chi connectivity index (χ0) is 27.6. The number of amides is 1. The molecule has 4 aromatic rings. The maximum Gasteiger partial charge on any atom is 0.243 e. The third kappa shape index (κ3) is 5.33. The van der Waals surface area contributed by atoms with E-state index in [0.29, 0.717) is 40.6 Å². The molecule has 0 radical (unpaired) electrons. The van der Waals surface area contributed by atoms with Gasteiger partial charge in [-0.1, -0.05) is 41.9 Å². The number of ether oxygens (including phenoxy) is 1. The Morgan fingerprint density at radius 1 is 1.13 bits per heavy atom. The number of hydrogen-bond acceptors (Lipinski definition) is 6. The molecule has 1 atom stereocenters. The number of hydrogen-bond donors (Lipinski definition) is 3. The van der Waals surface area contributed by atoms with Crippen molar-refractivity contribution in [1.29, 1.82) is 0 Å². The van der Waals surface area contributed by atoms with E-state index in [1.54, 1.807) is 30.6 Å². The van der Waals surface area contributed by atoms with Crippen molar-refractivity contribution in [3.05, 3.63) is 95.0 Å². The molecule has 3 aromatic carbocycles. The molecule has 0 saturated heterocycles. The SMILES string of the molecule is CNS(=O)(=O)c1cc(CNC[C@@]2(C(=O)Nc3cncc4ccccc34)CCOc3ccc(Cl)cc32)ccc1F. The minimum atomic E-state index is -3.97. The van der Waals surface area contributed by atoms with Crippen LogP contribution in [0.2, 0.25) is 5.02 Å². The quantitative estimate of drug-likeness (QED) is 0.291. The molecule has 202 valence electrons. The van der Waals surface area contributed by atoms with Crippen LogP contribution in [0.15, 0.2) is 78.0 Å². The largest absolute Gasteiger partial charge is 0.493 e. The van der Waals surface area contributed by atoms with E-state index in [1.165, 1.54) is 19.2 Å². The fourth-order valence-electron chi connectivity index (χ4n) is 4.82. The van der Waals surface area contributed by atoms with Crippen LogP contribution in [-0.2, 0) is 26.8 Å². The van der Waals surface area contributed by atoms with Crippen LogP contribution < -0.4 is 20.1 Å². The highest BCUT2D eigenvalue weighted by Gasteiger charge is 2.44. The van der Waals surface area contributed by atoms with Crippen LogP contribution in [0.25, 0.3) is 10.8 Å². The number of halogens is 2. The molecule has 0 spiro atoms. The van der Waals surface area contributed by atoms with Gasteiger partial charge in [0.2, 0.25) is 15.9 Å². The molecule has 11 heteroatoms. The van der Waals surface area contributed by atoms with Crippen molar-refractivity contribution in [3.63, 3.8) is 0 Å². The third-order valence-electron chi connectivity index (χ3n) is 6.90. The van der Waals surface area contributed by atoms with Crippen molar-refractivity contribution >= 4 is 44.0 Å². The summed E-state index contributed by atoms with van der Waals surface area (Å²) in [4.78, 5) is 17.9. The lowest BCUT2D eigenvalue weighted by Gasteiger charge is -2.38. The molecule has 5 rings (SSSR count). The maximum absolute atomic E-state index is 14.2. The van der Waals surface area contributed by atoms with Crippen molar-refractivity contribution < 1.29 is 22.3 Å². The monoisotopic (exact) mass is 568 g/mol. The van der Waals surface area contributed by atoms with Crippen LogP contribution in [0.1, 0.15) is 17.5 Å². The van der Waals surface area contributed by atoms with Gasteiger partial charge in [-0.25, -0.2) is 17.5 Å². The molecule has 0 bridgehead atoms. The number of nitrogens with zero attached hydrogens (tertiary/aromatic N) is 1. The van der Waals surface area contributed by atoms with E-state index in [9.17, 15) is 17.6 Å². The maximum atomic E-state index is 14.2. The van der Waals surface area contributed by atoms with Crippen LogP contribution in [0.5, 0.6) is 5.75 Å². The second-order valence-electron chi connectivity index (χ2n) is 9.26. The van der Waals surface area contributed by atoms with Gasteiger partial charge in [-0.15, -0.1) is 0 Å². The first-order chi connectivity index (χ1) is 18.7. The Labute approximate surface area is 230 Å². The zero-order valence-electron chi connectivity index (χ0n) is 21.0. The van der Waals surface area contributed by atoms with E-state index >= 15 is 0 Å². The molecule has 2 heterocycles. The third-order valence-corrected chi connectivity index (χ3v) is 8.57. The minimum Gasteiger partial charge on any atom is -0.493 e. The van der Waals surface area contributed by atoms with Crippen LogP contribution in [0, 0.1) is 5.82 Å². The Morgan fingerprint density at radius 3 is 2.77 bits per heavy atom. The van der Waals surface area contributed by atoms with Gasteiger partial charge in [0, 0.05) is 47.1 Å². The fraction of sp³-hybridized carbons (Fsp3) is 0.214. The van der Waals surface area contributed by atoms with Crippen LogP contribution >= 0.6 is 11.6 Å². The van der Waals surface area contributed by atoms with Gasteiger partial charge >= 0.3 is 0 Å². The molecule has 0 fully saturated rings. The fourth-order valence-corrected chi connectivity index (χ4v) is 5.85. The van der Waals surface area contributed by atoms with E-state index in [-0.39, 0.29) is 19.0 Å².